The van der Waals surface area contributed by atoms with E-state index >= 15 is 0 Å². The first kappa shape index (κ1) is 21.7. The van der Waals surface area contributed by atoms with Crippen LogP contribution >= 0.6 is 15.9 Å². The number of nitrogens with zero attached hydrogens (tertiary/aromatic N) is 3. The van der Waals surface area contributed by atoms with Gasteiger partial charge in [-0.1, -0.05) is 34.1 Å². The van der Waals surface area contributed by atoms with E-state index in [9.17, 15) is 9.59 Å². The van der Waals surface area contributed by atoms with Gasteiger partial charge < -0.3 is 9.47 Å². The van der Waals surface area contributed by atoms with E-state index in [0.29, 0.717) is 23.3 Å². The summed E-state index contributed by atoms with van der Waals surface area (Å²) in [4.78, 5) is 33.2. The van der Waals surface area contributed by atoms with Gasteiger partial charge >= 0.3 is 5.97 Å². The third-order valence-corrected chi connectivity index (χ3v) is 5.27. The van der Waals surface area contributed by atoms with Crippen molar-refractivity contribution in [2.75, 3.05) is 0 Å². The first-order valence-electron chi connectivity index (χ1n) is 10.0. The second-order valence-corrected chi connectivity index (χ2v) is 7.98. The minimum absolute atomic E-state index is 0.0758. The van der Waals surface area contributed by atoms with Gasteiger partial charge in [-0.25, -0.2) is 4.98 Å². The van der Waals surface area contributed by atoms with Crippen LogP contribution in [0.2, 0.25) is 0 Å². The number of carbonyl (C=O) groups excluding carboxylic acids is 1. The van der Waals surface area contributed by atoms with Crippen molar-refractivity contribution in [3.8, 4) is 5.75 Å². The maximum Gasteiger partial charge on any atom is 0.307 e. The molecule has 7 nitrogen and oxygen atoms in total. The van der Waals surface area contributed by atoms with Gasteiger partial charge in [0.1, 0.15) is 19.0 Å². The maximum atomic E-state index is 12.6. The Morgan fingerprint density at radius 3 is 2.62 bits per heavy atom. The second-order valence-electron chi connectivity index (χ2n) is 7.07. The van der Waals surface area contributed by atoms with Crippen LogP contribution in [0.3, 0.4) is 0 Å². The lowest BCUT2D eigenvalue weighted by Crippen LogP contribution is -2.22. The van der Waals surface area contributed by atoms with Gasteiger partial charge in [0, 0.05) is 17.2 Å². The van der Waals surface area contributed by atoms with Crippen LogP contribution in [-0.4, -0.2) is 20.5 Å². The molecule has 2 aromatic heterocycles. The topological polar surface area (TPSA) is 83.3 Å². The summed E-state index contributed by atoms with van der Waals surface area (Å²) >= 11 is 3.36. The van der Waals surface area contributed by atoms with E-state index in [0.717, 1.165) is 15.7 Å². The Morgan fingerprint density at radius 1 is 1.00 bits per heavy atom. The molecule has 0 saturated carbocycles. The Morgan fingerprint density at radius 2 is 1.84 bits per heavy atom. The molecular weight excluding hydrogens is 474 g/mol. The van der Waals surface area contributed by atoms with Crippen LogP contribution in [0.4, 0.5) is 0 Å². The average Bonchev–Trinajstić information content (AvgIpc) is 2.82. The van der Waals surface area contributed by atoms with Crippen LogP contribution in [0, 0.1) is 0 Å². The van der Waals surface area contributed by atoms with Crippen LogP contribution in [0.25, 0.3) is 10.9 Å². The van der Waals surface area contributed by atoms with Crippen molar-refractivity contribution < 1.29 is 14.3 Å². The van der Waals surface area contributed by atoms with Gasteiger partial charge in [-0.2, -0.15) is 0 Å². The first-order valence-corrected chi connectivity index (χ1v) is 10.8. The Balaban J connectivity index is 1.26. The predicted molar refractivity (Wildman–Crippen MR) is 123 cm³/mol. The zero-order valence-electron chi connectivity index (χ0n) is 17.1. The van der Waals surface area contributed by atoms with Crippen LogP contribution in [-0.2, 0) is 29.3 Å². The summed E-state index contributed by atoms with van der Waals surface area (Å²) in [5.74, 6) is 0.322. The summed E-state index contributed by atoms with van der Waals surface area (Å²) in [5, 5.41) is 0.501. The van der Waals surface area contributed by atoms with Crippen LogP contribution in [0.15, 0.2) is 82.5 Å². The normalized spacial score (nSPS) is 10.8. The number of fused-ring (bicyclic) bond motifs is 1. The molecule has 0 aliphatic rings. The molecule has 2 heterocycles. The summed E-state index contributed by atoms with van der Waals surface area (Å²) in [6.45, 7) is 0.736. The molecule has 0 amide bonds. The third-order valence-electron chi connectivity index (χ3n) is 4.78. The number of hydrogen-bond acceptors (Lipinski definition) is 6. The molecule has 0 bridgehead atoms. The molecule has 0 aliphatic carbocycles. The molecular formula is C24H20BrN3O4. The van der Waals surface area contributed by atoms with E-state index in [1.807, 2.05) is 48.5 Å². The molecule has 2 aromatic carbocycles. The van der Waals surface area contributed by atoms with Crippen molar-refractivity contribution in [2.24, 2.45) is 0 Å². The molecule has 0 atom stereocenters. The average molecular weight is 494 g/mol. The molecule has 0 unspecified atom stereocenters. The number of esters is 1. The number of hydrogen-bond donors (Lipinski definition) is 0. The van der Waals surface area contributed by atoms with E-state index < -0.39 is 0 Å². The minimum atomic E-state index is -0.387. The number of ether oxygens (including phenoxy) is 2. The molecule has 162 valence electrons. The third kappa shape index (κ3) is 5.59. The van der Waals surface area contributed by atoms with Crippen molar-refractivity contribution >= 4 is 32.8 Å². The Labute approximate surface area is 192 Å². The van der Waals surface area contributed by atoms with Crippen LogP contribution < -0.4 is 10.3 Å². The summed E-state index contributed by atoms with van der Waals surface area (Å²) in [5.41, 5.74) is 2.12. The fraction of sp³-hybridized carbons (Fsp3) is 0.167. The van der Waals surface area contributed by atoms with Crippen molar-refractivity contribution in [2.45, 2.75) is 26.2 Å². The monoisotopic (exact) mass is 493 g/mol. The summed E-state index contributed by atoms with van der Waals surface area (Å²) in [6.07, 6.45) is 3.25. The molecule has 0 spiro atoms. The summed E-state index contributed by atoms with van der Waals surface area (Å²) < 4.78 is 13.3. The standard InChI is InChI=1S/C24H20BrN3O4/c25-18-6-9-22-21(13-18)24(30)28(16-27-22)12-10-23(29)32-14-17-4-7-20(8-5-17)31-15-19-3-1-2-11-26-19/h1-9,11,13,16H,10,12,14-15H2. The molecule has 4 rings (SSSR count). The number of benzene rings is 2. The number of rotatable bonds is 8. The highest BCUT2D eigenvalue weighted by molar-refractivity contribution is 9.10. The van der Waals surface area contributed by atoms with Gasteiger partial charge in [-0.05, 0) is 48.0 Å². The predicted octanol–water partition coefficient (Wildman–Crippen LogP) is 4.27. The van der Waals surface area contributed by atoms with Gasteiger partial charge in [0.05, 0.1) is 29.3 Å². The molecule has 0 fully saturated rings. The van der Waals surface area contributed by atoms with Crippen molar-refractivity contribution in [1.29, 1.82) is 0 Å². The van der Waals surface area contributed by atoms with E-state index in [4.69, 9.17) is 9.47 Å². The molecule has 8 heteroatoms. The summed E-state index contributed by atoms with van der Waals surface area (Å²) in [6, 6.07) is 18.3. The quantitative estimate of drug-likeness (QED) is 0.341. The number of aromatic nitrogens is 3. The van der Waals surface area contributed by atoms with Gasteiger partial charge in [-0.3, -0.25) is 19.1 Å². The van der Waals surface area contributed by atoms with E-state index in [2.05, 4.69) is 25.9 Å². The van der Waals surface area contributed by atoms with Gasteiger partial charge in [0.15, 0.2) is 0 Å². The second kappa shape index (κ2) is 10.2. The highest BCUT2D eigenvalue weighted by atomic mass is 79.9. The van der Waals surface area contributed by atoms with Crippen molar-refractivity contribution in [3.63, 3.8) is 0 Å². The first-order chi connectivity index (χ1) is 15.6. The van der Waals surface area contributed by atoms with Gasteiger partial charge in [0.2, 0.25) is 0 Å². The van der Waals surface area contributed by atoms with E-state index in [-0.39, 0.29) is 31.1 Å². The van der Waals surface area contributed by atoms with Gasteiger partial charge in [0.25, 0.3) is 5.56 Å². The molecule has 0 aliphatic heterocycles. The SMILES string of the molecule is O=C(CCn1cnc2ccc(Br)cc2c1=O)OCc1ccc(OCc2ccccn2)cc1. The fourth-order valence-corrected chi connectivity index (χ4v) is 3.42. The molecule has 0 radical (unpaired) electrons. The van der Waals surface area contributed by atoms with E-state index in [1.54, 1.807) is 18.3 Å². The minimum Gasteiger partial charge on any atom is -0.487 e. The highest BCUT2D eigenvalue weighted by Crippen LogP contribution is 2.16. The Kier molecular flexibility index (Phi) is 6.91. The Hall–Kier alpha value is -3.52. The van der Waals surface area contributed by atoms with Crippen LogP contribution in [0.5, 0.6) is 5.75 Å². The molecule has 32 heavy (non-hydrogen) atoms. The number of pyridine rings is 1. The zero-order valence-corrected chi connectivity index (χ0v) is 18.7. The summed E-state index contributed by atoms with van der Waals surface area (Å²) in [7, 11) is 0. The number of halogens is 1. The molecule has 0 N–H and O–H groups in total. The lowest BCUT2D eigenvalue weighted by atomic mass is 10.2. The maximum absolute atomic E-state index is 12.6. The smallest absolute Gasteiger partial charge is 0.307 e. The Bertz CT molecular complexity index is 1270. The molecule has 0 saturated heterocycles. The van der Waals surface area contributed by atoms with Crippen LogP contribution in [0.1, 0.15) is 17.7 Å². The molecule has 4 aromatic rings. The van der Waals surface area contributed by atoms with E-state index in [1.165, 1.54) is 10.9 Å². The number of carbonyl (C=O) groups is 1. The fourth-order valence-electron chi connectivity index (χ4n) is 3.06. The van der Waals surface area contributed by atoms with Crippen molar-refractivity contribution in [3.05, 3.63) is 99.3 Å². The lowest BCUT2D eigenvalue weighted by molar-refractivity contribution is -0.145. The van der Waals surface area contributed by atoms with Gasteiger partial charge in [-0.15, -0.1) is 0 Å². The lowest BCUT2D eigenvalue weighted by Gasteiger charge is -2.09. The highest BCUT2D eigenvalue weighted by Gasteiger charge is 2.09. The zero-order chi connectivity index (χ0) is 22.3. The number of aryl methyl sites for hydroxylation is 1. The van der Waals surface area contributed by atoms with Crippen molar-refractivity contribution in [1.82, 2.24) is 14.5 Å². The largest absolute Gasteiger partial charge is 0.487 e.